The summed E-state index contributed by atoms with van der Waals surface area (Å²) in [4.78, 5) is 119. The van der Waals surface area contributed by atoms with Crippen molar-refractivity contribution in [1.82, 2.24) is 19.8 Å². The van der Waals surface area contributed by atoms with Gasteiger partial charge in [0, 0.05) is 50.8 Å². The van der Waals surface area contributed by atoms with E-state index in [-0.39, 0.29) is 63.1 Å². The van der Waals surface area contributed by atoms with Crippen LogP contribution in [0.4, 0.5) is 14.5 Å². The summed E-state index contributed by atoms with van der Waals surface area (Å²) < 4.78 is 81.6. The van der Waals surface area contributed by atoms with Crippen molar-refractivity contribution in [2.75, 3.05) is 31.7 Å². The van der Waals surface area contributed by atoms with Gasteiger partial charge in [-0.2, -0.15) is 8.78 Å². The molecular formula is C68H83F2N6O16P. The Morgan fingerprint density at radius 1 is 0.806 bits per heavy atom. The Morgan fingerprint density at radius 3 is 2.08 bits per heavy atom. The maximum absolute atomic E-state index is 16.3. The molecule has 0 bridgehead atoms. The molecule has 5 aromatic rings. The number of halogens is 2. The van der Waals surface area contributed by atoms with Crippen molar-refractivity contribution in [3.05, 3.63) is 140 Å². The van der Waals surface area contributed by atoms with Crippen LogP contribution in [0.25, 0.3) is 16.6 Å². The number of hydrogen-bond acceptors (Lipinski definition) is 16. The lowest BCUT2D eigenvalue weighted by atomic mass is 9.92. The summed E-state index contributed by atoms with van der Waals surface area (Å²) in [5.41, 5.74) is 5.14. The third-order valence-electron chi connectivity index (χ3n) is 16.8. The number of ketones is 1. The predicted octanol–water partition coefficient (Wildman–Crippen LogP) is 9.12. The van der Waals surface area contributed by atoms with Gasteiger partial charge in [-0.15, -0.1) is 0 Å². The topological polar surface area (TPSA) is 289 Å². The number of amides is 5. The number of piperidine rings is 1. The maximum Gasteiger partial charge on any atom is 0.410 e. The smallest absolute Gasteiger partial charge is 0.410 e. The van der Waals surface area contributed by atoms with E-state index >= 15 is 8.78 Å². The van der Waals surface area contributed by atoms with Crippen molar-refractivity contribution in [3.8, 4) is 0 Å². The van der Waals surface area contributed by atoms with Gasteiger partial charge in [-0.25, -0.2) is 4.79 Å². The second kappa shape index (κ2) is 29.9. The number of rotatable bonds is 29. The number of hydrogen-bond donors (Lipinski definition) is 3. The molecular weight excluding hydrogens is 1230 g/mol. The van der Waals surface area contributed by atoms with E-state index in [0.29, 0.717) is 61.2 Å². The van der Waals surface area contributed by atoms with Gasteiger partial charge < -0.3 is 30.0 Å². The number of esters is 2. The lowest BCUT2D eigenvalue weighted by molar-refractivity contribution is -0.163. The molecule has 5 atom stereocenters. The van der Waals surface area contributed by atoms with Crippen LogP contribution in [0.1, 0.15) is 145 Å². The van der Waals surface area contributed by atoms with Crippen LogP contribution in [0.3, 0.4) is 0 Å². The fourth-order valence-electron chi connectivity index (χ4n) is 11.5. The van der Waals surface area contributed by atoms with Crippen molar-refractivity contribution in [2.45, 2.75) is 163 Å². The van der Waals surface area contributed by atoms with Crippen LogP contribution in [0.5, 0.6) is 0 Å². The number of nitrogens with two attached hydrogens (primary N) is 1. The highest BCUT2D eigenvalue weighted by molar-refractivity contribution is 7.54. The SMILES string of the molecule is C/C(=C\C(=O)C[C@H]1CCc2cccc3c2N(C1=O)[C@H](C(=O)N[C@@H](CCC(N)=O)[C@@H](C)OCc1ccc(CCOCCCc2cccc4c2n(C)c(=O)n4C2CCC(=O)NC2=O)cc1)C3)c1ccc(C(F)(F)P(=O)(OCOC(=O)C(C)(C)C)OCOC(=O)C(C)(C)C)cc1. The summed E-state index contributed by atoms with van der Waals surface area (Å²) in [5.74, 6) is -5.26. The van der Waals surface area contributed by atoms with E-state index in [4.69, 9.17) is 33.7 Å². The standard InChI is InChI=1S/C68H83F2N6O16P/c1-41(45-24-26-50(27-25-45)68(69,70)93(86,91-39-89-63(83)66(3,4)5)92-40-90-64(84)67(6,7)8)35-51(77)36-49-23-22-47-13-10-15-48-37-55(76(58(47)48)62(49)82)61(81)72-52(28-30-56(71)78)42(2)88-38-44-20-18-43(19-21-44)32-34-87-33-12-16-46-14-11-17-53-59(46)74(9)65(85)75(53)54-29-31-57(79)73-60(54)80/h10-11,13-15,17-21,24-27,35,42,49,52,54-55H,12,16,22-23,28-34,36-40H2,1-9H3,(H2,71,78)(H,72,81)(H,73,79,80)/b41-35+/t42-,49-,52+,54?,55+/m1/s1. The van der Waals surface area contributed by atoms with Gasteiger partial charge in [0.1, 0.15) is 12.1 Å². The molecule has 0 radical (unpaired) electrons. The largest absolute Gasteiger partial charge is 0.438 e. The number of imide groups is 1. The van der Waals surface area contributed by atoms with Crippen LogP contribution in [0, 0.1) is 16.7 Å². The third kappa shape index (κ3) is 17.0. The molecule has 22 nitrogen and oxygen atoms in total. The molecule has 4 aromatic carbocycles. The minimum absolute atomic E-state index is 0.0551. The van der Waals surface area contributed by atoms with Gasteiger partial charge in [-0.05, 0) is 151 Å². The summed E-state index contributed by atoms with van der Waals surface area (Å²) >= 11 is 0. The van der Waals surface area contributed by atoms with Crippen LogP contribution in [-0.2, 0) is 116 Å². The number of primary amides is 1. The number of anilines is 1. The summed E-state index contributed by atoms with van der Waals surface area (Å²) in [5, 5.41) is 5.41. The summed E-state index contributed by atoms with van der Waals surface area (Å²) in [7, 11) is -3.92. The third-order valence-corrected chi connectivity index (χ3v) is 18.7. The van der Waals surface area contributed by atoms with Gasteiger partial charge in [0.25, 0.3) is 0 Å². The van der Waals surface area contributed by atoms with Crippen LogP contribution in [0.15, 0.2) is 95.8 Å². The van der Waals surface area contributed by atoms with E-state index in [0.717, 1.165) is 45.5 Å². The van der Waals surface area contributed by atoms with E-state index in [1.165, 1.54) is 69.2 Å². The van der Waals surface area contributed by atoms with Crippen molar-refractivity contribution in [2.24, 2.45) is 29.5 Å². The van der Waals surface area contributed by atoms with E-state index in [1.54, 1.807) is 25.5 Å². The Bertz CT molecular complexity index is 3740. The van der Waals surface area contributed by atoms with Crippen LogP contribution in [0.2, 0.25) is 0 Å². The number of benzene rings is 4. The number of alkyl halides is 2. The van der Waals surface area contributed by atoms with Crippen LogP contribution >= 0.6 is 7.60 Å². The fraction of sp³-hybridized carbons (Fsp3) is 0.485. The molecule has 0 aliphatic carbocycles. The summed E-state index contributed by atoms with van der Waals surface area (Å²) in [6, 6.07) is 21.1. The molecule has 1 unspecified atom stereocenters. The molecule has 1 saturated heterocycles. The minimum atomic E-state index is -5.60. The molecule has 3 aliphatic heterocycles. The number of nitrogens with zero attached hydrogens (tertiary/aromatic N) is 3. The molecule has 500 valence electrons. The molecule has 4 N–H and O–H groups in total. The molecule has 0 saturated carbocycles. The number of allylic oxidation sites excluding steroid dienone is 2. The van der Waals surface area contributed by atoms with Gasteiger partial charge in [-0.1, -0.05) is 78.9 Å². The highest BCUT2D eigenvalue weighted by Crippen LogP contribution is 2.67. The molecule has 8 rings (SSSR count). The number of carbonyl (C=O) groups excluding carboxylic acids is 8. The first-order chi connectivity index (χ1) is 43.9. The Kier molecular flexibility index (Phi) is 22.8. The second-order valence-electron chi connectivity index (χ2n) is 25.9. The van der Waals surface area contributed by atoms with E-state index in [1.807, 2.05) is 60.7 Å². The predicted molar refractivity (Wildman–Crippen MR) is 340 cm³/mol. The second-order valence-corrected chi connectivity index (χ2v) is 28.0. The average Bonchev–Trinajstić information content (AvgIpc) is 1.66. The molecule has 4 heterocycles. The zero-order chi connectivity index (χ0) is 67.7. The van der Waals surface area contributed by atoms with Crippen molar-refractivity contribution in [3.63, 3.8) is 0 Å². The van der Waals surface area contributed by atoms with Crippen molar-refractivity contribution < 1.29 is 79.7 Å². The molecule has 3 aliphatic rings. The number of aryl methyl sites for hydroxylation is 3. The van der Waals surface area contributed by atoms with Crippen molar-refractivity contribution >= 4 is 77.1 Å². The first kappa shape index (κ1) is 70.8. The normalized spacial score (nSPS) is 17.8. The molecule has 1 fully saturated rings. The number of nitrogens with one attached hydrogen (secondary N) is 2. The lowest BCUT2D eigenvalue weighted by Crippen LogP contribution is -2.54. The molecule has 25 heteroatoms. The Hall–Kier alpha value is -8.02. The quantitative estimate of drug-likeness (QED) is 0.0100. The highest BCUT2D eigenvalue weighted by Gasteiger charge is 2.56. The zero-order valence-electron chi connectivity index (χ0n) is 54.0. The maximum atomic E-state index is 16.3. The van der Waals surface area contributed by atoms with Crippen LogP contribution < -0.4 is 27.0 Å². The van der Waals surface area contributed by atoms with Gasteiger partial charge in [0.2, 0.25) is 43.1 Å². The monoisotopic (exact) mass is 1310 g/mol. The fourth-order valence-corrected chi connectivity index (χ4v) is 12.7. The minimum Gasteiger partial charge on any atom is -0.438 e. The van der Waals surface area contributed by atoms with E-state index in [9.17, 15) is 47.7 Å². The van der Waals surface area contributed by atoms with Gasteiger partial charge in [0.15, 0.2) is 5.78 Å². The van der Waals surface area contributed by atoms with Gasteiger partial charge in [0.05, 0.1) is 52.9 Å². The first-order valence-electron chi connectivity index (χ1n) is 31.1. The highest BCUT2D eigenvalue weighted by atomic mass is 31.2. The molecule has 5 amide bonds. The van der Waals surface area contributed by atoms with Gasteiger partial charge in [-0.3, -0.25) is 71.3 Å². The number of fused-ring (bicyclic) bond motifs is 1. The summed E-state index contributed by atoms with van der Waals surface area (Å²) in [6.45, 7) is 11.3. The van der Waals surface area contributed by atoms with Gasteiger partial charge >= 0.3 is 30.9 Å². The molecule has 0 spiro atoms. The number of imidazole rings is 1. The Labute approximate surface area is 538 Å². The Balaban J connectivity index is 0.849. The lowest BCUT2D eigenvalue weighted by Gasteiger charge is -2.31. The van der Waals surface area contributed by atoms with E-state index in [2.05, 4.69) is 10.6 Å². The number of carbonyl (C=O) groups is 8. The number of aromatic nitrogens is 2. The number of ether oxygens (including phenoxy) is 4. The number of para-hydroxylation sites is 2. The zero-order valence-corrected chi connectivity index (χ0v) is 54.9. The first-order valence-corrected chi connectivity index (χ1v) is 32.7. The van der Waals surface area contributed by atoms with E-state index < -0.39 is 115 Å². The molecule has 1 aromatic heterocycles. The molecule has 93 heavy (non-hydrogen) atoms. The van der Waals surface area contributed by atoms with Crippen LogP contribution in [-0.4, -0.2) is 101 Å². The average molecular weight is 1310 g/mol. The Morgan fingerprint density at radius 2 is 1.44 bits per heavy atom. The van der Waals surface area contributed by atoms with Crippen molar-refractivity contribution in [1.29, 1.82) is 0 Å². The summed E-state index contributed by atoms with van der Waals surface area (Å²) in [6.07, 6.45) is 3.85.